The lowest BCUT2D eigenvalue weighted by molar-refractivity contribution is -0.0145. The van der Waals surface area contributed by atoms with E-state index in [-0.39, 0.29) is 0 Å². The van der Waals surface area contributed by atoms with Gasteiger partial charge in [0, 0.05) is 6.92 Å². The normalized spacial score (nSPS) is 19.8. The molecule has 1 saturated heterocycles. The van der Waals surface area contributed by atoms with Crippen molar-refractivity contribution in [3.05, 3.63) is 11.8 Å². The van der Waals surface area contributed by atoms with E-state index in [1.54, 1.807) is 6.92 Å². The maximum Gasteiger partial charge on any atom is 0.230 e. The predicted molar refractivity (Wildman–Crippen MR) is 63.3 cm³/mol. The summed E-state index contributed by atoms with van der Waals surface area (Å²) in [6, 6.07) is 0. The molecule has 1 aliphatic rings. The number of aryl methyl sites for hydroxylation is 1. The highest BCUT2D eigenvalue weighted by molar-refractivity contribution is 4.85. The topological polar surface area (TPSA) is 62.4 Å². The molecule has 96 valence electrons. The van der Waals surface area contributed by atoms with Gasteiger partial charge in [-0.1, -0.05) is 0 Å². The maximum atomic E-state index is 9.96. The highest BCUT2D eigenvalue weighted by atomic mass is 16.4. The number of hydrogen-bond donors (Lipinski definition) is 1. The number of piperidine rings is 1. The largest absolute Gasteiger partial charge is 0.424 e. The van der Waals surface area contributed by atoms with Crippen LogP contribution >= 0.6 is 0 Å². The van der Waals surface area contributed by atoms with Gasteiger partial charge >= 0.3 is 0 Å². The molecule has 0 spiro atoms. The van der Waals surface area contributed by atoms with Gasteiger partial charge in [0.25, 0.3) is 0 Å². The van der Waals surface area contributed by atoms with Crippen LogP contribution in [0.1, 0.15) is 38.5 Å². The molecule has 1 N–H and O–H groups in total. The van der Waals surface area contributed by atoms with Crippen LogP contribution in [0.15, 0.2) is 4.42 Å². The van der Waals surface area contributed by atoms with E-state index < -0.39 is 5.60 Å². The van der Waals surface area contributed by atoms with Gasteiger partial charge in [-0.05, 0) is 45.7 Å². The molecule has 5 nitrogen and oxygen atoms in total. The molecular formula is C12H21N3O2. The molecule has 0 atom stereocenters. The first-order chi connectivity index (χ1) is 7.95. The van der Waals surface area contributed by atoms with Gasteiger partial charge in [-0.15, -0.1) is 10.2 Å². The number of hydrogen-bond acceptors (Lipinski definition) is 5. The van der Waals surface area contributed by atoms with Crippen LogP contribution in [0.25, 0.3) is 0 Å². The molecule has 0 unspecified atom stereocenters. The van der Waals surface area contributed by atoms with Crippen LogP contribution in [-0.4, -0.2) is 38.9 Å². The second kappa shape index (κ2) is 4.74. The van der Waals surface area contributed by atoms with E-state index in [1.807, 2.05) is 13.8 Å². The van der Waals surface area contributed by atoms with E-state index in [0.717, 1.165) is 32.5 Å². The van der Waals surface area contributed by atoms with Crippen molar-refractivity contribution in [3.63, 3.8) is 0 Å². The minimum Gasteiger partial charge on any atom is -0.424 e. The highest BCUT2D eigenvalue weighted by Crippen LogP contribution is 2.28. The van der Waals surface area contributed by atoms with E-state index in [1.165, 1.54) is 0 Å². The molecule has 2 rings (SSSR count). The Labute approximate surface area is 102 Å². The Morgan fingerprint density at radius 1 is 1.35 bits per heavy atom. The van der Waals surface area contributed by atoms with Crippen LogP contribution in [0.5, 0.6) is 0 Å². The molecule has 0 bridgehead atoms. The smallest absolute Gasteiger partial charge is 0.230 e. The molecule has 0 radical (unpaired) electrons. The highest BCUT2D eigenvalue weighted by Gasteiger charge is 2.30. The molecule has 1 aromatic heterocycles. The number of rotatable bonds is 3. The average molecular weight is 239 g/mol. The molecule has 0 saturated carbocycles. The van der Waals surface area contributed by atoms with E-state index >= 15 is 0 Å². The molecule has 1 aliphatic heterocycles. The van der Waals surface area contributed by atoms with Crippen molar-refractivity contribution in [1.82, 2.24) is 15.1 Å². The fraction of sp³-hybridized carbons (Fsp3) is 0.833. The third kappa shape index (κ3) is 3.26. The van der Waals surface area contributed by atoms with Gasteiger partial charge in [0.05, 0.1) is 12.1 Å². The van der Waals surface area contributed by atoms with Crippen LogP contribution in [0.3, 0.4) is 0 Å². The fourth-order valence-corrected chi connectivity index (χ4v) is 2.39. The second-order valence-electron chi connectivity index (χ2n) is 5.42. The molecule has 17 heavy (non-hydrogen) atoms. The maximum absolute atomic E-state index is 9.96. The Hall–Kier alpha value is -0.940. The van der Waals surface area contributed by atoms with Gasteiger partial charge in [-0.3, -0.25) is 4.90 Å². The fourth-order valence-electron chi connectivity index (χ4n) is 2.39. The van der Waals surface area contributed by atoms with E-state index in [2.05, 4.69) is 15.1 Å². The van der Waals surface area contributed by atoms with Crippen LogP contribution < -0.4 is 0 Å². The summed E-state index contributed by atoms with van der Waals surface area (Å²) in [6.45, 7) is 8.28. The van der Waals surface area contributed by atoms with Crippen LogP contribution in [0.2, 0.25) is 0 Å². The summed E-state index contributed by atoms with van der Waals surface area (Å²) in [7, 11) is 0. The zero-order valence-electron chi connectivity index (χ0n) is 10.8. The van der Waals surface area contributed by atoms with E-state index in [0.29, 0.717) is 17.7 Å². The SMILES string of the molecule is Cc1nnc(CN2CCC(C(C)(C)O)CC2)o1. The minimum atomic E-state index is -0.562. The lowest BCUT2D eigenvalue weighted by Gasteiger charge is -2.37. The van der Waals surface area contributed by atoms with E-state index in [4.69, 9.17) is 4.42 Å². The van der Waals surface area contributed by atoms with Gasteiger partial charge in [-0.2, -0.15) is 0 Å². The molecule has 0 amide bonds. The molecule has 2 heterocycles. The van der Waals surface area contributed by atoms with Crippen molar-refractivity contribution < 1.29 is 9.52 Å². The summed E-state index contributed by atoms with van der Waals surface area (Å²) in [6.07, 6.45) is 2.05. The second-order valence-corrected chi connectivity index (χ2v) is 5.42. The van der Waals surface area contributed by atoms with Crippen molar-refractivity contribution >= 4 is 0 Å². The summed E-state index contributed by atoms with van der Waals surface area (Å²) < 4.78 is 5.37. The first-order valence-electron chi connectivity index (χ1n) is 6.19. The van der Waals surface area contributed by atoms with Gasteiger partial charge < -0.3 is 9.52 Å². The first kappa shape index (κ1) is 12.5. The van der Waals surface area contributed by atoms with Gasteiger partial charge in [0.1, 0.15) is 0 Å². The summed E-state index contributed by atoms with van der Waals surface area (Å²) in [4.78, 5) is 2.30. The van der Waals surface area contributed by atoms with Crippen molar-refractivity contribution in [1.29, 1.82) is 0 Å². The third-order valence-electron chi connectivity index (χ3n) is 3.51. The van der Waals surface area contributed by atoms with Crippen LogP contribution in [-0.2, 0) is 6.54 Å². The summed E-state index contributed by atoms with van der Waals surface area (Å²) >= 11 is 0. The zero-order chi connectivity index (χ0) is 12.5. The summed E-state index contributed by atoms with van der Waals surface area (Å²) in [5, 5.41) is 17.8. The Morgan fingerprint density at radius 3 is 2.47 bits per heavy atom. The average Bonchev–Trinajstić information content (AvgIpc) is 2.63. The number of likely N-dealkylation sites (tertiary alicyclic amines) is 1. The van der Waals surface area contributed by atoms with Crippen molar-refractivity contribution in [2.75, 3.05) is 13.1 Å². The monoisotopic (exact) mass is 239 g/mol. The number of aliphatic hydroxyl groups is 1. The third-order valence-corrected chi connectivity index (χ3v) is 3.51. The Bertz CT molecular complexity index is 362. The summed E-state index contributed by atoms with van der Waals surface area (Å²) in [5.41, 5.74) is -0.562. The number of nitrogens with zero attached hydrogens (tertiary/aromatic N) is 3. The molecule has 0 aromatic carbocycles. The van der Waals surface area contributed by atoms with Gasteiger partial charge in [-0.25, -0.2) is 0 Å². The first-order valence-corrected chi connectivity index (χ1v) is 6.19. The summed E-state index contributed by atoms with van der Waals surface area (Å²) in [5.74, 6) is 1.69. The Kier molecular flexibility index (Phi) is 3.49. The molecule has 5 heteroatoms. The van der Waals surface area contributed by atoms with E-state index in [9.17, 15) is 5.11 Å². The van der Waals surface area contributed by atoms with Crippen molar-refractivity contribution in [2.24, 2.45) is 5.92 Å². The molecular weight excluding hydrogens is 218 g/mol. The lowest BCUT2D eigenvalue weighted by Crippen LogP contribution is -2.41. The standard InChI is InChI=1S/C12H21N3O2/c1-9-13-14-11(17-9)8-15-6-4-10(5-7-15)12(2,3)16/h10,16H,4-8H2,1-3H3. The number of aromatic nitrogens is 2. The Balaban J connectivity index is 1.83. The molecule has 0 aliphatic carbocycles. The van der Waals surface area contributed by atoms with Crippen LogP contribution in [0.4, 0.5) is 0 Å². The van der Waals surface area contributed by atoms with Crippen LogP contribution in [0, 0.1) is 12.8 Å². The predicted octanol–water partition coefficient (Wildman–Crippen LogP) is 1.36. The quantitative estimate of drug-likeness (QED) is 0.863. The molecule has 1 aromatic rings. The van der Waals surface area contributed by atoms with Gasteiger partial charge in [0.2, 0.25) is 11.8 Å². The van der Waals surface area contributed by atoms with Crippen molar-refractivity contribution in [2.45, 2.75) is 45.8 Å². The molecule has 1 fully saturated rings. The minimum absolute atomic E-state index is 0.392. The zero-order valence-corrected chi connectivity index (χ0v) is 10.8. The van der Waals surface area contributed by atoms with Crippen molar-refractivity contribution in [3.8, 4) is 0 Å². The lowest BCUT2D eigenvalue weighted by atomic mass is 9.83. The Morgan fingerprint density at radius 2 is 2.00 bits per heavy atom. The van der Waals surface area contributed by atoms with Gasteiger partial charge in [0.15, 0.2) is 0 Å².